The largest absolute Gasteiger partial charge is 0.419 e. The van der Waals surface area contributed by atoms with Crippen molar-refractivity contribution in [2.45, 2.75) is 25.6 Å². The third-order valence-corrected chi connectivity index (χ3v) is 4.78. The highest BCUT2D eigenvalue weighted by Gasteiger charge is 2.34. The quantitative estimate of drug-likeness (QED) is 0.602. The summed E-state index contributed by atoms with van der Waals surface area (Å²) in [6.07, 6.45) is -3.82. The first-order valence-electron chi connectivity index (χ1n) is 9.07. The van der Waals surface area contributed by atoms with E-state index in [1.807, 2.05) is 0 Å². The Kier molecular flexibility index (Phi) is 5.83. The molecule has 0 saturated carbocycles. The molecule has 2 amide bonds. The Bertz CT molecular complexity index is 1230. The number of anilines is 1. The van der Waals surface area contributed by atoms with E-state index < -0.39 is 41.0 Å². The number of rotatable bonds is 5. The lowest BCUT2D eigenvalue weighted by Crippen LogP contribution is -2.31. The van der Waals surface area contributed by atoms with Crippen LogP contribution in [0.1, 0.15) is 24.1 Å². The summed E-state index contributed by atoms with van der Waals surface area (Å²) in [5.74, 6) is -2.76. The van der Waals surface area contributed by atoms with Gasteiger partial charge in [0.25, 0.3) is 5.56 Å². The highest BCUT2D eigenvalue weighted by molar-refractivity contribution is 6.02. The van der Waals surface area contributed by atoms with Gasteiger partial charge in [-0.2, -0.15) is 13.2 Å². The van der Waals surface area contributed by atoms with Crippen LogP contribution in [0.5, 0.6) is 0 Å². The Labute approximate surface area is 173 Å². The monoisotopic (exact) mass is 435 g/mol. The second kappa shape index (κ2) is 8.21. The number of fused-ring (bicyclic) bond motifs is 1. The van der Waals surface area contributed by atoms with Crippen LogP contribution in [0.2, 0.25) is 0 Å². The smallest absolute Gasteiger partial charge is 0.368 e. The van der Waals surface area contributed by atoms with Gasteiger partial charge in [0, 0.05) is 22.7 Å². The van der Waals surface area contributed by atoms with Crippen LogP contribution in [-0.4, -0.2) is 16.4 Å². The zero-order chi connectivity index (χ0) is 22.9. The number of hydrogen-bond acceptors (Lipinski definition) is 3. The number of nitrogens with zero attached hydrogens (tertiary/aromatic N) is 1. The first-order chi connectivity index (χ1) is 14.5. The first kappa shape index (κ1) is 22.0. The van der Waals surface area contributed by atoms with E-state index in [1.54, 1.807) is 0 Å². The number of benzene rings is 2. The predicted octanol–water partition coefficient (Wildman–Crippen LogP) is 3.39. The van der Waals surface area contributed by atoms with E-state index in [4.69, 9.17) is 5.73 Å². The highest BCUT2D eigenvalue weighted by Crippen LogP contribution is 2.31. The summed E-state index contributed by atoms with van der Waals surface area (Å²) in [6, 6.07) is 7.51. The molecular weight excluding hydrogens is 418 g/mol. The lowest BCUT2D eigenvalue weighted by molar-refractivity contribution is -0.140. The van der Waals surface area contributed by atoms with Crippen molar-refractivity contribution in [1.29, 1.82) is 0 Å². The molecule has 0 unspecified atom stereocenters. The van der Waals surface area contributed by atoms with Crippen molar-refractivity contribution < 1.29 is 27.2 Å². The van der Waals surface area contributed by atoms with Gasteiger partial charge in [-0.15, -0.1) is 0 Å². The summed E-state index contributed by atoms with van der Waals surface area (Å²) in [5, 5.41) is 3.20. The molecule has 31 heavy (non-hydrogen) atoms. The van der Waals surface area contributed by atoms with Crippen molar-refractivity contribution in [2.75, 3.05) is 5.32 Å². The molecule has 0 radical (unpaired) electrons. The molecule has 0 spiro atoms. The fraction of sp³-hybridized carbons (Fsp3) is 0.190. The van der Waals surface area contributed by atoms with Gasteiger partial charge >= 0.3 is 6.18 Å². The van der Waals surface area contributed by atoms with Gasteiger partial charge < -0.3 is 15.6 Å². The molecule has 2 aromatic carbocycles. The van der Waals surface area contributed by atoms with Crippen LogP contribution in [0.15, 0.2) is 53.5 Å². The number of nitrogens with two attached hydrogens (primary N) is 1. The lowest BCUT2D eigenvalue weighted by atomic mass is 10.1. The Balaban J connectivity index is 1.86. The third kappa shape index (κ3) is 4.57. The number of primary amides is 1. The summed E-state index contributed by atoms with van der Waals surface area (Å²) >= 11 is 0. The van der Waals surface area contributed by atoms with Gasteiger partial charge in [0.05, 0.1) is 12.0 Å². The van der Waals surface area contributed by atoms with Crippen molar-refractivity contribution in [3.05, 3.63) is 76.0 Å². The fourth-order valence-electron chi connectivity index (χ4n) is 3.12. The van der Waals surface area contributed by atoms with Crippen molar-refractivity contribution in [1.82, 2.24) is 4.57 Å². The first-order valence-corrected chi connectivity index (χ1v) is 9.07. The topological polar surface area (TPSA) is 94.2 Å². The minimum absolute atomic E-state index is 0.0564. The number of pyridine rings is 1. The molecular formula is C21H17F4N3O3. The van der Waals surface area contributed by atoms with Crippen LogP contribution in [0.25, 0.3) is 10.8 Å². The Morgan fingerprint density at radius 2 is 1.84 bits per heavy atom. The van der Waals surface area contributed by atoms with Gasteiger partial charge in [0.15, 0.2) is 0 Å². The van der Waals surface area contributed by atoms with Crippen LogP contribution in [0.4, 0.5) is 23.2 Å². The normalized spacial score (nSPS) is 12.5. The molecule has 1 atom stereocenters. The molecule has 0 bridgehead atoms. The summed E-state index contributed by atoms with van der Waals surface area (Å²) < 4.78 is 52.9. The minimum Gasteiger partial charge on any atom is -0.368 e. The predicted molar refractivity (Wildman–Crippen MR) is 106 cm³/mol. The molecule has 1 aromatic heterocycles. The zero-order valence-corrected chi connectivity index (χ0v) is 16.2. The van der Waals surface area contributed by atoms with Crippen molar-refractivity contribution in [2.24, 2.45) is 5.73 Å². The van der Waals surface area contributed by atoms with Crippen molar-refractivity contribution in [3.63, 3.8) is 0 Å². The Morgan fingerprint density at radius 1 is 1.13 bits per heavy atom. The third-order valence-electron chi connectivity index (χ3n) is 4.78. The molecule has 0 aliphatic heterocycles. The van der Waals surface area contributed by atoms with Crippen molar-refractivity contribution >= 4 is 28.3 Å². The molecule has 6 nitrogen and oxygen atoms in total. The van der Waals surface area contributed by atoms with Gasteiger partial charge in [-0.25, -0.2) is 4.39 Å². The van der Waals surface area contributed by atoms with Crippen molar-refractivity contribution in [3.8, 4) is 0 Å². The fourth-order valence-corrected chi connectivity index (χ4v) is 3.12. The second-order valence-electron chi connectivity index (χ2n) is 6.91. The number of amides is 2. The number of alkyl halides is 3. The van der Waals surface area contributed by atoms with Gasteiger partial charge in [0.2, 0.25) is 11.8 Å². The number of aromatic nitrogens is 1. The summed E-state index contributed by atoms with van der Waals surface area (Å²) in [5.41, 5.74) is 3.70. The minimum atomic E-state index is -4.83. The molecule has 3 N–H and O–H groups in total. The van der Waals surface area contributed by atoms with Crippen LogP contribution >= 0.6 is 0 Å². The maximum atomic E-state index is 13.7. The molecule has 1 heterocycles. The SMILES string of the molecule is C[C@H](C(N)=O)n1ccc2c(NC(=O)Cc3ccc(C(F)(F)F)c(F)c3)cccc2c1=O. The average Bonchev–Trinajstić information content (AvgIpc) is 2.67. The van der Waals surface area contributed by atoms with Gasteiger partial charge in [0.1, 0.15) is 11.9 Å². The van der Waals surface area contributed by atoms with E-state index >= 15 is 0 Å². The van der Waals surface area contributed by atoms with Gasteiger partial charge in [-0.1, -0.05) is 12.1 Å². The van der Waals surface area contributed by atoms with E-state index in [-0.39, 0.29) is 23.1 Å². The van der Waals surface area contributed by atoms with Crippen LogP contribution in [0, 0.1) is 5.82 Å². The number of hydrogen-bond donors (Lipinski definition) is 2. The Hall–Kier alpha value is -3.69. The number of nitrogens with one attached hydrogen (secondary N) is 1. The molecule has 0 fully saturated rings. The van der Waals surface area contributed by atoms with Gasteiger partial charge in [-0.3, -0.25) is 14.4 Å². The van der Waals surface area contributed by atoms with E-state index in [9.17, 15) is 31.9 Å². The molecule has 0 aliphatic rings. The lowest BCUT2D eigenvalue weighted by Gasteiger charge is -2.14. The summed E-state index contributed by atoms with van der Waals surface area (Å²) in [6.45, 7) is 1.48. The molecule has 3 aromatic rings. The van der Waals surface area contributed by atoms with E-state index in [0.717, 1.165) is 6.07 Å². The molecule has 162 valence electrons. The van der Waals surface area contributed by atoms with Crippen LogP contribution in [-0.2, 0) is 22.2 Å². The Morgan fingerprint density at radius 3 is 2.45 bits per heavy atom. The number of halogens is 4. The maximum Gasteiger partial charge on any atom is 0.419 e. The molecule has 0 saturated heterocycles. The summed E-state index contributed by atoms with van der Waals surface area (Å²) in [4.78, 5) is 36.4. The maximum absolute atomic E-state index is 13.7. The van der Waals surface area contributed by atoms with Gasteiger partial charge in [-0.05, 0) is 42.8 Å². The number of carbonyl (C=O) groups excluding carboxylic acids is 2. The van der Waals surface area contributed by atoms with Crippen LogP contribution < -0.4 is 16.6 Å². The van der Waals surface area contributed by atoms with E-state index in [1.165, 1.54) is 42.0 Å². The average molecular weight is 435 g/mol. The second-order valence-corrected chi connectivity index (χ2v) is 6.91. The molecule has 0 aliphatic carbocycles. The summed E-state index contributed by atoms with van der Waals surface area (Å²) in [7, 11) is 0. The molecule has 3 rings (SSSR count). The molecule has 10 heteroatoms. The standard InChI is InChI=1S/C21H17F4N3O3/c1-11(19(26)30)28-8-7-13-14(20(28)31)3-2-4-17(13)27-18(29)10-12-5-6-15(16(22)9-12)21(23,24)25/h2-9,11H,10H2,1H3,(H2,26,30)(H,27,29)/t11-/m1/s1. The van der Waals surface area contributed by atoms with E-state index in [2.05, 4.69) is 5.32 Å². The number of carbonyl (C=O) groups is 2. The highest BCUT2D eigenvalue weighted by atomic mass is 19.4. The zero-order valence-electron chi connectivity index (χ0n) is 16.2. The van der Waals surface area contributed by atoms with E-state index in [0.29, 0.717) is 17.5 Å². The van der Waals surface area contributed by atoms with Crippen LogP contribution in [0.3, 0.4) is 0 Å².